The summed E-state index contributed by atoms with van der Waals surface area (Å²) in [5.74, 6) is 1.73. The molecule has 0 N–H and O–H groups in total. The van der Waals surface area contributed by atoms with Gasteiger partial charge in [-0.15, -0.1) is 11.3 Å². The van der Waals surface area contributed by atoms with Crippen molar-refractivity contribution >= 4 is 34.8 Å². The van der Waals surface area contributed by atoms with Gasteiger partial charge in [0.25, 0.3) is 0 Å². The quantitative estimate of drug-likeness (QED) is 0.136. The molecule has 4 aromatic rings. The smallest absolute Gasteiger partial charge is 0.349 e. The van der Waals surface area contributed by atoms with E-state index in [1.165, 1.54) is 46.0 Å². The number of hydrogen-bond acceptors (Lipinski definition) is 5. The van der Waals surface area contributed by atoms with E-state index in [4.69, 9.17) is 4.74 Å². The van der Waals surface area contributed by atoms with Crippen molar-refractivity contribution in [3.8, 4) is 27.0 Å². The maximum absolute atomic E-state index is 12.3. The van der Waals surface area contributed by atoms with E-state index in [1.54, 1.807) is 43.7 Å². The Morgan fingerprint density at radius 2 is 1.55 bits per heavy atom. The Hall–Kier alpha value is -4.14. The standard InChI is InChI=1S/C37H34N2O2S/c1-37(2,3)41-36(40)28(22-38)20-23-8-10-24(11-9-23)32-18-19-33(42-32)25-14-16-29(17-15-25)39-31-7-5-4-6-30(31)34-26-12-13-27(21-26)35(34)39/h4-11,14-20,26-27,34-35H,12-13,21H2,1-3H3/b28-20+. The highest BCUT2D eigenvalue weighted by molar-refractivity contribution is 7.18. The van der Waals surface area contributed by atoms with Crippen molar-refractivity contribution in [3.05, 3.63) is 102 Å². The molecule has 7 rings (SSSR count). The van der Waals surface area contributed by atoms with Crippen LogP contribution in [0.25, 0.3) is 27.0 Å². The van der Waals surface area contributed by atoms with Crippen molar-refractivity contribution in [2.24, 2.45) is 11.8 Å². The van der Waals surface area contributed by atoms with E-state index in [1.807, 2.05) is 30.3 Å². The number of ether oxygens (including phenoxy) is 1. The molecule has 2 fully saturated rings. The summed E-state index contributed by atoms with van der Waals surface area (Å²) in [7, 11) is 0. The number of anilines is 2. The Balaban J connectivity index is 1.09. The lowest BCUT2D eigenvalue weighted by molar-refractivity contribution is -0.149. The summed E-state index contributed by atoms with van der Waals surface area (Å²) in [5, 5.41) is 9.46. The topological polar surface area (TPSA) is 53.3 Å². The van der Waals surface area contributed by atoms with E-state index in [0.29, 0.717) is 12.0 Å². The molecule has 5 heteroatoms. The fourth-order valence-corrected chi connectivity index (χ4v) is 8.36. The van der Waals surface area contributed by atoms with Crippen LogP contribution in [-0.2, 0) is 9.53 Å². The zero-order valence-corrected chi connectivity index (χ0v) is 25.0. The van der Waals surface area contributed by atoms with Crippen LogP contribution in [0.2, 0.25) is 0 Å². The summed E-state index contributed by atoms with van der Waals surface area (Å²) in [6, 6.07) is 33.1. The number of hydrogen-bond donors (Lipinski definition) is 0. The molecule has 2 heterocycles. The van der Waals surface area contributed by atoms with Crippen molar-refractivity contribution in [3.63, 3.8) is 0 Å². The van der Waals surface area contributed by atoms with Crippen LogP contribution in [0.15, 0.2) is 90.5 Å². The van der Waals surface area contributed by atoms with Crippen LogP contribution in [0.3, 0.4) is 0 Å². The Bertz CT molecular complexity index is 1720. The van der Waals surface area contributed by atoms with Gasteiger partial charge in [-0.05, 0) is 111 Å². The Kier molecular flexibility index (Phi) is 6.55. The Morgan fingerprint density at radius 3 is 2.21 bits per heavy atom. The van der Waals surface area contributed by atoms with Gasteiger partial charge in [-0.25, -0.2) is 4.79 Å². The highest BCUT2D eigenvalue weighted by atomic mass is 32.1. The number of benzene rings is 3. The van der Waals surface area contributed by atoms with E-state index < -0.39 is 11.6 Å². The molecule has 3 aliphatic rings. The molecular weight excluding hydrogens is 536 g/mol. The van der Waals surface area contributed by atoms with Crippen molar-refractivity contribution < 1.29 is 9.53 Å². The van der Waals surface area contributed by atoms with Gasteiger partial charge in [0.2, 0.25) is 0 Å². The second-order valence-electron chi connectivity index (χ2n) is 12.8. The van der Waals surface area contributed by atoms with Crippen molar-refractivity contribution in [2.75, 3.05) is 4.90 Å². The normalized spacial score (nSPS) is 22.5. The monoisotopic (exact) mass is 570 g/mol. The number of thiophene rings is 1. The minimum absolute atomic E-state index is 0.00657. The van der Waals surface area contributed by atoms with E-state index in [2.05, 4.69) is 65.6 Å². The molecule has 4 unspecified atom stereocenters. The summed E-state index contributed by atoms with van der Waals surface area (Å²) in [4.78, 5) is 17.4. The molecule has 2 bridgehead atoms. The van der Waals surface area contributed by atoms with Crippen LogP contribution < -0.4 is 4.90 Å². The van der Waals surface area contributed by atoms with Gasteiger partial charge in [-0.1, -0.05) is 54.6 Å². The molecule has 210 valence electrons. The number of nitrogens with zero attached hydrogens (tertiary/aromatic N) is 2. The zero-order chi connectivity index (χ0) is 29.0. The second kappa shape index (κ2) is 10.3. The van der Waals surface area contributed by atoms with Crippen molar-refractivity contribution in [2.45, 2.75) is 57.6 Å². The lowest BCUT2D eigenvalue weighted by Crippen LogP contribution is -2.35. The van der Waals surface area contributed by atoms with Gasteiger partial charge < -0.3 is 9.64 Å². The maximum Gasteiger partial charge on any atom is 0.349 e. The number of nitriles is 1. The average molecular weight is 571 g/mol. The third kappa shape index (κ3) is 4.74. The Morgan fingerprint density at radius 1 is 0.905 bits per heavy atom. The SMILES string of the molecule is CC(C)(C)OC(=O)/C(C#N)=C/c1ccc(-c2ccc(-c3ccc(N4c5ccccc5C5C6CCC(C6)C54)cc3)s2)cc1. The molecule has 2 saturated carbocycles. The van der Waals surface area contributed by atoms with Crippen molar-refractivity contribution in [1.29, 1.82) is 5.26 Å². The lowest BCUT2D eigenvalue weighted by atomic mass is 9.82. The van der Waals surface area contributed by atoms with Gasteiger partial charge >= 0.3 is 5.97 Å². The Labute approximate surface area is 251 Å². The molecule has 0 amide bonds. The van der Waals surface area contributed by atoms with Gasteiger partial charge in [-0.2, -0.15) is 5.26 Å². The summed E-state index contributed by atoms with van der Waals surface area (Å²) in [5.41, 5.74) is 6.72. The predicted molar refractivity (Wildman–Crippen MR) is 171 cm³/mol. The molecule has 2 aliphatic carbocycles. The van der Waals surface area contributed by atoms with Crippen LogP contribution in [0.4, 0.5) is 11.4 Å². The van der Waals surface area contributed by atoms with Gasteiger partial charge in [0, 0.05) is 33.1 Å². The number of carbonyl (C=O) groups is 1. The summed E-state index contributed by atoms with van der Waals surface area (Å²) < 4.78 is 5.35. The first-order valence-corrected chi connectivity index (χ1v) is 15.6. The first kappa shape index (κ1) is 26.7. The van der Waals surface area contributed by atoms with E-state index in [-0.39, 0.29) is 5.57 Å². The molecule has 0 radical (unpaired) electrons. The first-order valence-electron chi connectivity index (χ1n) is 14.8. The molecular formula is C37H34N2O2S. The third-order valence-electron chi connectivity index (χ3n) is 9.01. The fourth-order valence-electron chi connectivity index (χ4n) is 7.35. The van der Waals surface area contributed by atoms with Crippen molar-refractivity contribution in [1.82, 2.24) is 0 Å². The van der Waals surface area contributed by atoms with E-state index >= 15 is 0 Å². The average Bonchev–Trinajstić information content (AvgIpc) is 3.78. The van der Waals surface area contributed by atoms with Gasteiger partial charge in [0.1, 0.15) is 17.2 Å². The molecule has 1 aromatic heterocycles. The number of esters is 1. The summed E-state index contributed by atoms with van der Waals surface area (Å²) >= 11 is 1.77. The molecule has 0 saturated heterocycles. The highest BCUT2D eigenvalue weighted by Gasteiger charge is 2.55. The van der Waals surface area contributed by atoms with Crippen LogP contribution >= 0.6 is 11.3 Å². The lowest BCUT2D eigenvalue weighted by Gasteiger charge is -2.33. The molecule has 0 spiro atoms. The van der Waals surface area contributed by atoms with Gasteiger partial charge in [-0.3, -0.25) is 0 Å². The number of rotatable bonds is 5. The van der Waals surface area contributed by atoms with Gasteiger partial charge in [0.05, 0.1) is 0 Å². The summed E-state index contributed by atoms with van der Waals surface area (Å²) in [6.07, 6.45) is 5.72. The zero-order valence-electron chi connectivity index (χ0n) is 24.2. The molecule has 42 heavy (non-hydrogen) atoms. The van der Waals surface area contributed by atoms with Crippen LogP contribution in [0, 0.1) is 23.2 Å². The highest BCUT2D eigenvalue weighted by Crippen LogP contribution is 2.62. The minimum Gasteiger partial charge on any atom is -0.456 e. The van der Waals surface area contributed by atoms with Gasteiger partial charge in [0.15, 0.2) is 0 Å². The minimum atomic E-state index is -0.646. The fraction of sp³-hybridized carbons (Fsp3) is 0.297. The molecule has 1 aliphatic heterocycles. The largest absolute Gasteiger partial charge is 0.456 e. The second-order valence-corrected chi connectivity index (χ2v) is 13.9. The number of para-hydroxylation sites is 1. The third-order valence-corrected chi connectivity index (χ3v) is 10.2. The van der Waals surface area contributed by atoms with Crippen LogP contribution in [0.5, 0.6) is 0 Å². The molecule has 4 atom stereocenters. The van der Waals surface area contributed by atoms with Crippen LogP contribution in [0.1, 0.15) is 57.1 Å². The number of carbonyl (C=O) groups excluding carboxylic acids is 1. The van der Waals surface area contributed by atoms with Crippen LogP contribution in [-0.4, -0.2) is 17.6 Å². The maximum atomic E-state index is 12.3. The van der Waals surface area contributed by atoms with E-state index in [0.717, 1.165) is 23.0 Å². The molecule has 4 nitrogen and oxygen atoms in total. The predicted octanol–water partition coefficient (Wildman–Crippen LogP) is 9.36. The number of fused-ring (bicyclic) bond motifs is 7. The van der Waals surface area contributed by atoms with E-state index in [9.17, 15) is 10.1 Å². The first-order chi connectivity index (χ1) is 20.3. The summed E-state index contributed by atoms with van der Waals surface area (Å²) in [6.45, 7) is 5.37. The molecule has 3 aromatic carbocycles.